The molecule has 1 atom stereocenters. The summed E-state index contributed by atoms with van der Waals surface area (Å²) in [6.45, 7) is 4.04. The summed E-state index contributed by atoms with van der Waals surface area (Å²) in [4.78, 5) is 3.99. The van der Waals surface area contributed by atoms with E-state index in [1.807, 2.05) is 26.0 Å². The SMILES string of the molecule is COc1cnccc1C(O)c1ccc(C)cc1C. The molecule has 0 fully saturated rings. The van der Waals surface area contributed by atoms with E-state index in [1.165, 1.54) is 5.56 Å². The van der Waals surface area contributed by atoms with Gasteiger partial charge in [-0.15, -0.1) is 0 Å². The third-order valence-electron chi connectivity index (χ3n) is 3.05. The number of aromatic nitrogens is 1. The molecule has 1 unspecified atom stereocenters. The molecule has 0 saturated heterocycles. The number of pyridine rings is 1. The van der Waals surface area contributed by atoms with Crippen LogP contribution in [0.25, 0.3) is 0 Å². The van der Waals surface area contributed by atoms with Crippen molar-refractivity contribution >= 4 is 0 Å². The average Bonchev–Trinajstić information content (AvgIpc) is 2.38. The molecule has 0 amide bonds. The van der Waals surface area contributed by atoms with Crippen LogP contribution in [0.5, 0.6) is 5.75 Å². The second-order valence-electron chi connectivity index (χ2n) is 4.38. The highest BCUT2D eigenvalue weighted by atomic mass is 16.5. The maximum Gasteiger partial charge on any atom is 0.143 e. The Bertz CT molecular complexity index is 552. The highest BCUT2D eigenvalue weighted by Crippen LogP contribution is 2.30. The number of aryl methyl sites for hydroxylation is 2. The summed E-state index contributed by atoms with van der Waals surface area (Å²) in [7, 11) is 1.58. The maximum atomic E-state index is 10.5. The van der Waals surface area contributed by atoms with Crippen LogP contribution < -0.4 is 4.74 Å². The van der Waals surface area contributed by atoms with E-state index in [0.29, 0.717) is 5.75 Å². The minimum absolute atomic E-state index is 0.602. The fraction of sp³-hybridized carbons (Fsp3) is 0.267. The number of aliphatic hydroxyl groups excluding tert-OH is 1. The Hall–Kier alpha value is -1.87. The van der Waals surface area contributed by atoms with Crippen LogP contribution in [-0.2, 0) is 0 Å². The number of hydrogen-bond donors (Lipinski definition) is 1. The first kappa shape index (κ1) is 12.6. The van der Waals surface area contributed by atoms with Gasteiger partial charge < -0.3 is 9.84 Å². The van der Waals surface area contributed by atoms with E-state index < -0.39 is 6.10 Å². The molecule has 0 bridgehead atoms. The van der Waals surface area contributed by atoms with Crippen molar-refractivity contribution in [3.8, 4) is 5.75 Å². The molecule has 0 radical (unpaired) electrons. The molecule has 2 rings (SSSR count). The van der Waals surface area contributed by atoms with E-state index in [-0.39, 0.29) is 0 Å². The summed E-state index contributed by atoms with van der Waals surface area (Å²) >= 11 is 0. The van der Waals surface area contributed by atoms with Crippen molar-refractivity contribution in [1.29, 1.82) is 0 Å². The molecule has 1 aromatic carbocycles. The molecule has 94 valence electrons. The van der Waals surface area contributed by atoms with Gasteiger partial charge in [0, 0.05) is 11.8 Å². The Labute approximate surface area is 107 Å². The van der Waals surface area contributed by atoms with Crippen LogP contribution >= 0.6 is 0 Å². The van der Waals surface area contributed by atoms with Gasteiger partial charge in [0.15, 0.2) is 0 Å². The lowest BCUT2D eigenvalue weighted by Gasteiger charge is -2.17. The van der Waals surface area contributed by atoms with Crippen molar-refractivity contribution < 1.29 is 9.84 Å². The second-order valence-corrected chi connectivity index (χ2v) is 4.38. The van der Waals surface area contributed by atoms with Gasteiger partial charge >= 0.3 is 0 Å². The number of nitrogens with zero attached hydrogens (tertiary/aromatic N) is 1. The van der Waals surface area contributed by atoms with Gasteiger partial charge in [-0.2, -0.15) is 0 Å². The van der Waals surface area contributed by atoms with Crippen LogP contribution in [0, 0.1) is 13.8 Å². The molecule has 1 heterocycles. The van der Waals surface area contributed by atoms with Gasteiger partial charge in [-0.1, -0.05) is 23.8 Å². The van der Waals surface area contributed by atoms with Crippen molar-refractivity contribution in [2.45, 2.75) is 20.0 Å². The number of methoxy groups -OCH3 is 1. The minimum Gasteiger partial charge on any atom is -0.495 e. The van der Waals surface area contributed by atoms with Gasteiger partial charge in [0.1, 0.15) is 11.9 Å². The third-order valence-corrected chi connectivity index (χ3v) is 3.05. The van der Waals surface area contributed by atoms with Gasteiger partial charge in [-0.25, -0.2) is 0 Å². The van der Waals surface area contributed by atoms with E-state index in [4.69, 9.17) is 4.74 Å². The molecule has 18 heavy (non-hydrogen) atoms. The molecule has 1 N–H and O–H groups in total. The Kier molecular flexibility index (Phi) is 3.63. The predicted molar refractivity (Wildman–Crippen MR) is 70.8 cm³/mol. The quantitative estimate of drug-likeness (QED) is 0.901. The number of ether oxygens (including phenoxy) is 1. The first-order valence-corrected chi connectivity index (χ1v) is 5.86. The van der Waals surface area contributed by atoms with Gasteiger partial charge in [0.25, 0.3) is 0 Å². The van der Waals surface area contributed by atoms with Crippen molar-refractivity contribution in [1.82, 2.24) is 4.98 Å². The lowest BCUT2D eigenvalue weighted by molar-refractivity contribution is 0.213. The molecule has 2 aromatic rings. The molecular formula is C15H17NO2. The van der Waals surface area contributed by atoms with Crippen molar-refractivity contribution in [2.75, 3.05) is 7.11 Å². The lowest BCUT2D eigenvalue weighted by Crippen LogP contribution is -2.04. The summed E-state index contributed by atoms with van der Waals surface area (Å²) in [5, 5.41) is 10.5. The number of aliphatic hydroxyl groups is 1. The molecule has 0 aliphatic heterocycles. The second kappa shape index (κ2) is 5.19. The third kappa shape index (κ3) is 2.36. The molecule has 1 aromatic heterocycles. The molecule has 3 heteroatoms. The number of hydrogen-bond acceptors (Lipinski definition) is 3. The summed E-state index contributed by atoms with van der Waals surface area (Å²) < 4.78 is 5.23. The monoisotopic (exact) mass is 243 g/mol. The van der Waals surface area contributed by atoms with Gasteiger partial charge in [-0.3, -0.25) is 4.98 Å². The molecule has 0 spiro atoms. The van der Waals surface area contributed by atoms with Crippen LogP contribution in [0.2, 0.25) is 0 Å². The smallest absolute Gasteiger partial charge is 0.143 e. The summed E-state index contributed by atoms with van der Waals surface area (Å²) in [5.41, 5.74) is 3.89. The topological polar surface area (TPSA) is 42.4 Å². The van der Waals surface area contributed by atoms with Crippen LogP contribution in [-0.4, -0.2) is 17.2 Å². The first-order chi connectivity index (χ1) is 8.63. The van der Waals surface area contributed by atoms with Crippen LogP contribution in [0.1, 0.15) is 28.4 Å². The highest BCUT2D eigenvalue weighted by molar-refractivity contribution is 5.42. The van der Waals surface area contributed by atoms with Crippen molar-refractivity contribution in [3.63, 3.8) is 0 Å². The maximum absolute atomic E-state index is 10.5. The zero-order valence-corrected chi connectivity index (χ0v) is 10.8. The molecule has 0 aliphatic rings. The number of benzene rings is 1. The van der Waals surface area contributed by atoms with Crippen LogP contribution in [0.3, 0.4) is 0 Å². The van der Waals surface area contributed by atoms with Crippen molar-refractivity contribution in [2.24, 2.45) is 0 Å². The Balaban J connectivity index is 2.44. The normalized spacial score (nSPS) is 12.2. The zero-order valence-electron chi connectivity index (χ0n) is 10.8. The fourth-order valence-electron chi connectivity index (χ4n) is 2.09. The molecule has 0 aliphatic carbocycles. The van der Waals surface area contributed by atoms with E-state index in [9.17, 15) is 5.11 Å². The predicted octanol–water partition coefficient (Wildman–Crippen LogP) is 2.79. The van der Waals surface area contributed by atoms with E-state index >= 15 is 0 Å². The van der Waals surface area contributed by atoms with Gasteiger partial charge in [0.2, 0.25) is 0 Å². The van der Waals surface area contributed by atoms with E-state index in [0.717, 1.165) is 16.7 Å². The lowest BCUT2D eigenvalue weighted by atomic mass is 9.96. The molecule has 3 nitrogen and oxygen atoms in total. The molecular weight excluding hydrogens is 226 g/mol. The van der Waals surface area contributed by atoms with E-state index in [1.54, 1.807) is 25.6 Å². The number of rotatable bonds is 3. The highest BCUT2D eigenvalue weighted by Gasteiger charge is 2.16. The van der Waals surface area contributed by atoms with Gasteiger partial charge in [0.05, 0.1) is 13.3 Å². The van der Waals surface area contributed by atoms with Crippen molar-refractivity contribution in [3.05, 3.63) is 58.9 Å². The summed E-state index contributed by atoms with van der Waals surface area (Å²) in [6.07, 6.45) is 2.58. The minimum atomic E-state index is -0.691. The van der Waals surface area contributed by atoms with Crippen LogP contribution in [0.4, 0.5) is 0 Å². The first-order valence-electron chi connectivity index (χ1n) is 5.86. The molecule has 0 saturated carbocycles. The van der Waals surface area contributed by atoms with Crippen LogP contribution in [0.15, 0.2) is 36.7 Å². The Morgan fingerprint density at radius 1 is 1.17 bits per heavy atom. The summed E-state index contributed by atoms with van der Waals surface area (Å²) in [5.74, 6) is 0.602. The zero-order chi connectivity index (χ0) is 13.1. The van der Waals surface area contributed by atoms with Gasteiger partial charge in [-0.05, 0) is 31.0 Å². The average molecular weight is 243 g/mol. The fourth-order valence-corrected chi connectivity index (χ4v) is 2.09. The largest absolute Gasteiger partial charge is 0.495 e. The standard InChI is InChI=1S/C15H17NO2/c1-10-4-5-12(11(2)8-10)15(17)13-6-7-16-9-14(13)18-3/h4-9,15,17H,1-3H3. The van der Waals surface area contributed by atoms with E-state index in [2.05, 4.69) is 11.1 Å². The Morgan fingerprint density at radius 2 is 1.94 bits per heavy atom. The summed E-state index contributed by atoms with van der Waals surface area (Å²) in [6, 6.07) is 7.80. The Morgan fingerprint density at radius 3 is 2.61 bits per heavy atom.